The van der Waals surface area contributed by atoms with Gasteiger partial charge in [-0.3, -0.25) is 0 Å². The van der Waals surface area contributed by atoms with E-state index in [4.69, 9.17) is 32.7 Å². The number of hydrogen-bond acceptors (Lipinski definition) is 3. The van der Waals surface area contributed by atoms with Crippen molar-refractivity contribution in [2.45, 2.75) is 46.4 Å². The van der Waals surface area contributed by atoms with Gasteiger partial charge in [0.25, 0.3) is 0 Å². The molecule has 0 amide bonds. The molecule has 0 saturated carbocycles. The number of carbonyl (C=O) groups is 1. The molecule has 0 atom stereocenters. The van der Waals surface area contributed by atoms with Crippen LogP contribution in [0.15, 0.2) is 30.3 Å². The van der Waals surface area contributed by atoms with Crippen molar-refractivity contribution in [3.63, 3.8) is 0 Å². The summed E-state index contributed by atoms with van der Waals surface area (Å²) in [6.45, 7) is 8.48. The highest BCUT2D eigenvalue weighted by molar-refractivity contribution is 6.39. The average Bonchev–Trinajstić information content (AvgIpc) is 2.61. The molecule has 2 aromatic rings. The molecule has 0 unspecified atom stereocenters. The maximum atomic E-state index is 13.0. The molecule has 0 aromatic heterocycles. The van der Waals surface area contributed by atoms with Gasteiger partial charge < -0.3 is 9.47 Å². The molecule has 0 heterocycles. The highest BCUT2D eigenvalue weighted by Crippen LogP contribution is 2.35. The monoisotopic (exact) mass is 474 g/mol. The summed E-state index contributed by atoms with van der Waals surface area (Å²) in [6, 6.07) is 5.05. The summed E-state index contributed by atoms with van der Waals surface area (Å²) in [5.41, 5.74) is 0.170. The van der Waals surface area contributed by atoms with Gasteiger partial charge in [-0.2, -0.15) is 13.2 Å². The fourth-order valence-corrected chi connectivity index (χ4v) is 3.23. The molecule has 0 spiro atoms. The third-order valence-electron chi connectivity index (χ3n) is 4.31. The average molecular weight is 475 g/mol. The van der Waals surface area contributed by atoms with E-state index in [0.29, 0.717) is 21.7 Å². The molecule has 2 aromatic carbocycles. The van der Waals surface area contributed by atoms with Crippen LogP contribution in [-0.2, 0) is 10.9 Å². The lowest BCUT2D eigenvalue weighted by Gasteiger charge is -2.20. The van der Waals surface area contributed by atoms with E-state index in [-0.39, 0.29) is 22.9 Å². The normalized spacial score (nSPS) is 12.3. The second-order valence-electron chi connectivity index (χ2n) is 7.95. The van der Waals surface area contributed by atoms with E-state index >= 15 is 0 Å². The van der Waals surface area contributed by atoms with E-state index in [2.05, 4.69) is 0 Å². The zero-order chi connectivity index (χ0) is 23.6. The van der Waals surface area contributed by atoms with Crippen LogP contribution >= 0.6 is 23.2 Å². The second-order valence-corrected chi connectivity index (χ2v) is 8.74. The molecular weight excluding hydrogens is 452 g/mol. The lowest BCUT2D eigenvalue weighted by atomic mass is 10.0. The third kappa shape index (κ3) is 6.65. The van der Waals surface area contributed by atoms with Crippen molar-refractivity contribution < 1.29 is 27.4 Å². The SMILES string of the molecule is Cc1cc(C(F)(F)F)cc(OC/C=C\c2c(Cl)ccc(C(=O)OC(C)(C)C)c2Cl)c1C. The van der Waals surface area contributed by atoms with Crippen molar-refractivity contribution in [1.29, 1.82) is 0 Å². The molecule has 31 heavy (non-hydrogen) atoms. The van der Waals surface area contributed by atoms with Crippen molar-refractivity contribution in [3.05, 3.63) is 68.2 Å². The van der Waals surface area contributed by atoms with Crippen LogP contribution in [0.5, 0.6) is 5.75 Å². The first-order valence-corrected chi connectivity index (χ1v) is 10.2. The van der Waals surface area contributed by atoms with Crippen molar-refractivity contribution in [2.75, 3.05) is 6.61 Å². The Morgan fingerprint density at radius 2 is 1.74 bits per heavy atom. The van der Waals surface area contributed by atoms with Crippen molar-refractivity contribution >= 4 is 35.2 Å². The van der Waals surface area contributed by atoms with Gasteiger partial charge in [-0.05, 0) is 76.1 Å². The zero-order valence-corrected chi connectivity index (χ0v) is 19.3. The third-order valence-corrected chi connectivity index (χ3v) is 5.05. The number of ether oxygens (including phenoxy) is 2. The molecule has 8 heteroatoms. The van der Waals surface area contributed by atoms with Crippen LogP contribution in [0.3, 0.4) is 0 Å². The number of halogens is 5. The number of rotatable bonds is 5. The van der Waals surface area contributed by atoms with E-state index in [1.165, 1.54) is 12.1 Å². The highest BCUT2D eigenvalue weighted by Gasteiger charge is 2.31. The summed E-state index contributed by atoms with van der Waals surface area (Å²) in [7, 11) is 0. The van der Waals surface area contributed by atoms with Gasteiger partial charge in [-0.25, -0.2) is 4.79 Å². The first-order valence-electron chi connectivity index (χ1n) is 9.40. The van der Waals surface area contributed by atoms with E-state index < -0.39 is 23.3 Å². The molecule has 0 radical (unpaired) electrons. The van der Waals surface area contributed by atoms with Crippen molar-refractivity contribution in [2.24, 2.45) is 0 Å². The minimum atomic E-state index is -4.46. The smallest absolute Gasteiger partial charge is 0.416 e. The Labute approximate surface area is 189 Å². The Bertz CT molecular complexity index is 1010. The van der Waals surface area contributed by atoms with E-state index in [0.717, 1.165) is 12.1 Å². The summed E-state index contributed by atoms with van der Waals surface area (Å²) >= 11 is 12.5. The van der Waals surface area contributed by atoms with Gasteiger partial charge in [0.2, 0.25) is 0 Å². The van der Waals surface area contributed by atoms with Crippen molar-refractivity contribution in [1.82, 2.24) is 0 Å². The van der Waals surface area contributed by atoms with Crippen LogP contribution in [0.4, 0.5) is 13.2 Å². The van der Waals surface area contributed by atoms with Gasteiger partial charge in [-0.15, -0.1) is 0 Å². The highest BCUT2D eigenvalue weighted by atomic mass is 35.5. The molecule has 0 aliphatic carbocycles. The first-order chi connectivity index (χ1) is 14.2. The number of hydrogen-bond donors (Lipinski definition) is 0. The van der Waals surface area contributed by atoms with Crippen LogP contribution in [0, 0.1) is 13.8 Å². The van der Waals surface area contributed by atoms with Gasteiger partial charge in [0.05, 0.1) is 16.1 Å². The number of aryl methyl sites for hydroxylation is 1. The van der Waals surface area contributed by atoms with Gasteiger partial charge in [-0.1, -0.05) is 29.3 Å². The minimum absolute atomic E-state index is 0.0229. The van der Waals surface area contributed by atoms with Crippen LogP contribution < -0.4 is 4.74 Å². The second kappa shape index (κ2) is 9.53. The van der Waals surface area contributed by atoms with E-state index in [9.17, 15) is 18.0 Å². The topological polar surface area (TPSA) is 35.5 Å². The molecule has 2 rings (SSSR count). The Hall–Kier alpha value is -2.18. The van der Waals surface area contributed by atoms with E-state index in [1.807, 2.05) is 0 Å². The predicted molar refractivity (Wildman–Crippen MR) is 117 cm³/mol. The van der Waals surface area contributed by atoms with E-state index in [1.54, 1.807) is 46.8 Å². The molecule has 0 fully saturated rings. The Morgan fingerprint density at radius 3 is 2.32 bits per heavy atom. The summed E-state index contributed by atoms with van der Waals surface area (Å²) in [5, 5.41) is 0.420. The van der Waals surface area contributed by atoms with Gasteiger partial charge >= 0.3 is 12.1 Å². The Morgan fingerprint density at radius 1 is 1.10 bits per heavy atom. The fraction of sp³-hybridized carbons (Fsp3) is 0.348. The van der Waals surface area contributed by atoms with Gasteiger partial charge in [0, 0.05) is 10.6 Å². The summed E-state index contributed by atoms with van der Waals surface area (Å²) in [5.74, 6) is -0.452. The number of esters is 1. The maximum Gasteiger partial charge on any atom is 0.416 e. The van der Waals surface area contributed by atoms with Crippen LogP contribution in [-0.4, -0.2) is 18.2 Å². The number of benzene rings is 2. The standard InChI is InChI=1S/C23H23Cl2F3O3/c1-13-11-15(23(26,27)28)12-19(14(13)2)30-10-6-7-16-18(24)9-8-17(20(16)25)21(29)31-22(3,4)5/h6-9,11-12H,10H2,1-5H3/b7-6-. The lowest BCUT2D eigenvalue weighted by molar-refractivity contribution is -0.137. The van der Waals surface area contributed by atoms with Crippen LogP contribution in [0.2, 0.25) is 10.0 Å². The molecule has 0 N–H and O–H groups in total. The molecule has 0 aliphatic rings. The van der Waals surface area contributed by atoms with Crippen LogP contribution in [0.1, 0.15) is 53.4 Å². The number of carbonyl (C=O) groups excluding carboxylic acids is 1. The molecule has 0 aliphatic heterocycles. The molecule has 0 bridgehead atoms. The zero-order valence-electron chi connectivity index (χ0n) is 17.8. The lowest BCUT2D eigenvalue weighted by Crippen LogP contribution is -2.24. The minimum Gasteiger partial charge on any atom is -0.489 e. The molecule has 168 valence electrons. The molecule has 3 nitrogen and oxygen atoms in total. The summed E-state index contributed by atoms with van der Waals surface area (Å²) in [4.78, 5) is 12.4. The molecule has 0 saturated heterocycles. The van der Waals surface area contributed by atoms with Crippen LogP contribution in [0.25, 0.3) is 6.08 Å². The summed E-state index contributed by atoms with van der Waals surface area (Å²) in [6.07, 6.45) is -1.36. The van der Waals surface area contributed by atoms with Gasteiger partial charge in [0.15, 0.2) is 0 Å². The first kappa shape index (κ1) is 25.1. The van der Waals surface area contributed by atoms with Gasteiger partial charge in [0.1, 0.15) is 18.0 Å². The number of alkyl halides is 3. The fourth-order valence-electron chi connectivity index (χ4n) is 2.66. The van der Waals surface area contributed by atoms with Crippen molar-refractivity contribution in [3.8, 4) is 5.75 Å². The Balaban J connectivity index is 2.22. The maximum absolute atomic E-state index is 13.0. The Kier molecular flexibility index (Phi) is 7.71. The largest absolute Gasteiger partial charge is 0.489 e. The summed E-state index contributed by atoms with van der Waals surface area (Å²) < 4.78 is 50.0. The molecular formula is C23H23Cl2F3O3. The quantitative estimate of drug-likeness (QED) is 0.416. The predicted octanol–water partition coefficient (Wildman–Crippen LogP) is 7.68.